The summed E-state index contributed by atoms with van der Waals surface area (Å²) in [4.78, 5) is 67.8. The third kappa shape index (κ3) is 48.3. The van der Waals surface area contributed by atoms with Gasteiger partial charge in [0.2, 0.25) is 29.5 Å². The number of allylic oxidation sites excluding steroid dienone is 2. The number of imide groups is 1. The van der Waals surface area contributed by atoms with Gasteiger partial charge in [0.15, 0.2) is 5.96 Å². The number of likely N-dealkylation sites (tertiary alicyclic amines) is 1. The molecule has 0 radical (unpaired) electrons. The lowest BCUT2D eigenvalue weighted by Crippen LogP contribution is -2.50. The van der Waals surface area contributed by atoms with Gasteiger partial charge in [-0.15, -0.1) is 0 Å². The van der Waals surface area contributed by atoms with E-state index in [1.54, 1.807) is 13.8 Å². The zero-order valence-electron chi connectivity index (χ0n) is 59.1. The van der Waals surface area contributed by atoms with E-state index in [1.807, 2.05) is 0 Å². The maximum Gasteiger partial charge on any atom is 0.242 e. The molecule has 99 heavy (non-hydrogen) atoms. The van der Waals surface area contributed by atoms with E-state index in [2.05, 4.69) is 33.1 Å². The lowest BCUT2D eigenvalue weighted by molar-refractivity contribution is -0.141. The largest absolute Gasteiger partial charge is 0.377 e. The summed E-state index contributed by atoms with van der Waals surface area (Å²) in [7, 11) is 0. The van der Waals surface area contributed by atoms with Crippen molar-refractivity contribution < 1.29 is 123 Å². The van der Waals surface area contributed by atoms with E-state index in [0.29, 0.717) is 303 Å². The number of amides is 5. The van der Waals surface area contributed by atoms with Gasteiger partial charge in [-0.25, -0.2) is 0 Å². The van der Waals surface area contributed by atoms with Gasteiger partial charge in [-0.2, -0.15) is 0 Å². The molecular weight excluding hydrogens is 1310 g/mol. The van der Waals surface area contributed by atoms with Crippen LogP contribution in [-0.4, -0.2) is 350 Å². The molecule has 1 heterocycles. The zero-order valence-corrected chi connectivity index (χ0v) is 59.1. The Morgan fingerprint density at radius 1 is 0.424 bits per heavy atom. The summed E-state index contributed by atoms with van der Waals surface area (Å²) < 4.78 is 116. The molecule has 0 aromatic carbocycles. The molecule has 0 spiro atoms. The summed E-state index contributed by atoms with van der Waals surface area (Å²) in [5.74, 6) is -1.34. The molecule has 1 saturated heterocycles. The van der Waals surface area contributed by atoms with Crippen LogP contribution in [0.3, 0.4) is 0 Å². The second-order valence-electron chi connectivity index (χ2n) is 22.6. The van der Waals surface area contributed by atoms with Gasteiger partial charge < -0.3 is 127 Å². The molecule has 2 bridgehead atoms. The standard InChI is InChI=1S/C66H121N7O26/c1-3-58(72-59(74)54-71-62(75)55(2)5-4-8-70-66(67)68)63(76)69-9-11-79-13-15-81-17-19-83-21-23-85-25-27-87-29-31-89-33-35-91-37-39-93-41-43-95-45-47-97-49-51-99-52-50-98-48-46-96-44-42-94-40-38-92-36-34-90-32-30-88-28-26-86-24-22-84-20-18-82-16-14-80-12-10-73-64(77)60-56-6-7-57(53-56)61(60)65(73)78/h6-7,55-58,60-61H,3-5,8-54H2,1-2H3,(H,69,76)(H,71,75)(H,72,74)(H4,67,68,70). The van der Waals surface area contributed by atoms with Crippen LogP contribution in [-0.2, 0) is 123 Å². The number of nitrogens with one attached hydrogen (secondary N) is 3. The summed E-state index contributed by atoms with van der Waals surface area (Å²) in [6.07, 6.45) is 6.70. The second kappa shape index (κ2) is 64.6. The third-order valence-corrected chi connectivity index (χ3v) is 15.0. The monoisotopic (exact) mass is 1430 g/mol. The number of carbonyl (C=O) groups is 5. The van der Waals surface area contributed by atoms with Crippen molar-refractivity contribution in [3.63, 3.8) is 0 Å². The predicted molar refractivity (Wildman–Crippen MR) is 359 cm³/mol. The highest BCUT2D eigenvalue weighted by molar-refractivity contribution is 6.06. The number of nitrogens with two attached hydrogens (primary N) is 2. The van der Waals surface area contributed by atoms with Crippen LogP contribution in [0.4, 0.5) is 0 Å². The molecule has 0 aromatic rings. The molecule has 3 rings (SSSR count). The highest BCUT2D eigenvalue weighted by Crippen LogP contribution is 2.52. The molecule has 6 atom stereocenters. The van der Waals surface area contributed by atoms with Gasteiger partial charge in [-0.3, -0.25) is 33.9 Å². The molecule has 7 N–H and O–H groups in total. The van der Waals surface area contributed by atoms with E-state index in [0.717, 1.165) is 6.42 Å². The molecule has 1 aliphatic heterocycles. The van der Waals surface area contributed by atoms with Crippen molar-refractivity contribution in [3.05, 3.63) is 12.2 Å². The maximum absolute atomic E-state index is 12.7. The van der Waals surface area contributed by atoms with Crippen molar-refractivity contribution in [3.8, 4) is 0 Å². The first kappa shape index (κ1) is 88.9. The van der Waals surface area contributed by atoms with Gasteiger partial charge in [0.05, 0.1) is 302 Å². The van der Waals surface area contributed by atoms with Gasteiger partial charge in [0, 0.05) is 19.0 Å². The molecule has 2 fully saturated rings. The van der Waals surface area contributed by atoms with E-state index >= 15 is 0 Å². The third-order valence-electron chi connectivity index (χ3n) is 15.0. The van der Waals surface area contributed by atoms with Crippen molar-refractivity contribution in [1.82, 2.24) is 20.9 Å². The fraction of sp³-hybridized carbons (Fsp3) is 0.879. The van der Waals surface area contributed by atoms with Crippen molar-refractivity contribution in [2.24, 2.45) is 46.0 Å². The fourth-order valence-corrected chi connectivity index (χ4v) is 9.89. The summed E-state index contributed by atoms with van der Waals surface area (Å²) in [5, 5.41) is 7.98. The average molecular weight is 1430 g/mol. The Kier molecular flexibility index (Phi) is 58.0. The van der Waals surface area contributed by atoms with E-state index in [1.165, 1.54) is 4.90 Å². The molecule has 6 unspecified atom stereocenters. The highest BCUT2D eigenvalue weighted by Gasteiger charge is 2.59. The molecule has 5 amide bonds. The quantitative estimate of drug-likeness (QED) is 0.0160. The molecule has 3 aliphatic rings. The minimum Gasteiger partial charge on any atom is -0.377 e. The zero-order chi connectivity index (χ0) is 71.0. The Balaban J connectivity index is 0.863. The Hall–Kier alpha value is -4.28. The van der Waals surface area contributed by atoms with Crippen LogP contribution in [0.2, 0.25) is 0 Å². The number of nitrogens with zero attached hydrogens (tertiary/aromatic N) is 2. The van der Waals surface area contributed by atoms with Crippen LogP contribution < -0.4 is 27.4 Å². The first-order valence-electron chi connectivity index (χ1n) is 35.2. The van der Waals surface area contributed by atoms with Crippen LogP contribution in [0.15, 0.2) is 17.1 Å². The average Bonchev–Trinajstić information content (AvgIpc) is 1.58. The second-order valence-corrected chi connectivity index (χ2v) is 22.6. The maximum atomic E-state index is 12.7. The minimum atomic E-state index is -0.735. The number of carbonyl (C=O) groups excluding carboxylic acids is 5. The van der Waals surface area contributed by atoms with Crippen molar-refractivity contribution in [2.45, 2.75) is 45.6 Å². The van der Waals surface area contributed by atoms with Gasteiger partial charge in [-0.1, -0.05) is 26.0 Å². The number of rotatable bonds is 76. The van der Waals surface area contributed by atoms with Gasteiger partial charge in [0.1, 0.15) is 6.04 Å². The first-order valence-corrected chi connectivity index (χ1v) is 35.2. The molecule has 0 aromatic heterocycles. The topological polar surface area (TPSA) is 383 Å². The lowest BCUT2D eigenvalue weighted by atomic mass is 9.85. The fourth-order valence-electron chi connectivity index (χ4n) is 9.89. The SMILES string of the molecule is CCC(NC(=O)CNC(=O)C(C)CCCN=C(N)N)C(=O)NCCOCCOCCOCCOCCOCCOCCOCCOCCOCCOCCOCCOCCOCCOCCOCCOCCOCCOCCOCCOCCOCCN1C(=O)C2C3C=CC(C3)C2C1=O. The van der Waals surface area contributed by atoms with Gasteiger partial charge in [-0.05, 0) is 37.5 Å². The van der Waals surface area contributed by atoms with Crippen LogP contribution in [0.25, 0.3) is 0 Å². The van der Waals surface area contributed by atoms with E-state index in [4.69, 9.17) is 111 Å². The smallest absolute Gasteiger partial charge is 0.242 e. The molecule has 1 saturated carbocycles. The summed E-state index contributed by atoms with van der Waals surface area (Å²) in [6.45, 7) is 22.9. The molecule has 576 valence electrons. The minimum absolute atomic E-state index is 0.00310. The Bertz CT molecular complexity index is 2010. The number of aliphatic imine (C=N–C) groups is 1. The number of fused-ring (bicyclic) bond motifs is 5. The number of guanidine groups is 1. The van der Waals surface area contributed by atoms with Crippen LogP contribution >= 0.6 is 0 Å². The van der Waals surface area contributed by atoms with Crippen LogP contribution in [0.5, 0.6) is 0 Å². The van der Waals surface area contributed by atoms with Gasteiger partial charge >= 0.3 is 0 Å². The lowest BCUT2D eigenvalue weighted by Gasteiger charge is -2.18. The predicted octanol–water partition coefficient (Wildman–Crippen LogP) is -1.04. The van der Waals surface area contributed by atoms with Crippen molar-refractivity contribution in [2.75, 3.05) is 304 Å². The van der Waals surface area contributed by atoms with Crippen LogP contribution in [0, 0.1) is 29.6 Å². The Morgan fingerprint density at radius 2 is 0.697 bits per heavy atom. The molecule has 33 heteroatoms. The van der Waals surface area contributed by atoms with Crippen molar-refractivity contribution in [1.29, 1.82) is 0 Å². The van der Waals surface area contributed by atoms with E-state index < -0.39 is 11.9 Å². The van der Waals surface area contributed by atoms with E-state index in [-0.39, 0.29) is 78.9 Å². The highest BCUT2D eigenvalue weighted by atomic mass is 16.6. The summed E-state index contributed by atoms with van der Waals surface area (Å²) in [5.41, 5.74) is 10.6. The number of ether oxygens (including phenoxy) is 21. The summed E-state index contributed by atoms with van der Waals surface area (Å²) >= 11 is 0. The Labute approximate surface area is 585 Å². The van der Waals surface area contributed by atoms with E-state index in [9.17, 15) is 24.0 Å². The normalized spacial score (nSPS) is 16.8. The number of hydrogen-bond acceptors (Lipinski definition) is 27. The molecular formula is C66H121N7O26. The van der Waals surface area contributed by atoms with Crippen molar-refractivity contribution >= 4 is 35.5 Å². The molecule has 33 nitrogen and oxygen atoms in total. The summed E-state index contributed by atoms with van der Waals surface area (Å²) in [6, 6.07) is -0.735. The van der Waals surface area contributed by atoms with Crippen LogP contribution in [0.1, 0.15) is 39.5 Å². The molecule has 2 aliphatic carbocycles. The van der Waals surface area contributed by atoms with Gasteiger partial charge in [0.25, 0.3) is 0 Å². The Morgan fingerprint density at radius 3 is 0.970 bits per heavy atom. The number of hydrogen-bond donors (Lipinski definition) is 5. The first-order chi connectivity index (χ1) is 48.6.